The van der Waals surface area contributed by atoms with Crippen molar-refractivity contribution in [2.75, 3.05) is 0 Å². The van der Waals surface area contributed by atoms with Gasteiger partial charge in [0.15, 0.2) is 11.3 Å². The lowest BCUT2D eigenvalue weighted by molar-refractivity contribution is 0.101. The van der Waals surface area contributed by atoms with Crippen LogP contribution in [-0.4, -0.2) is 10.8 Å². The minimum atomic E-state index is -0.190. The quantitative estimate of drug-likeness (QED) is 0.493. The predicted octanol–water partition coefficient (Wildman–Crippen LogP) is 4.93. The average Bonchev–Trinajstić information content (AvgIpc) is 3.12. The number of para-hydroxylation sites is 1. The maximum absolute atomic E-state index is 12.5. The maximum atomic E-state index is 12.5. The van der Waals surface area contributed by atoms with Crippen LogP contribution in [0, 0.1) is 0 Å². The number of carbonyl (C=O) groups excluding carboxylic acids is 1. The highest BCUT2D eigenvalue weighted by Gasteiger charge is 2.16. The fourth-order valence-corrected chi connectivity index (χ4v) is 3.25. The fourth-order valence-electron chi connectivity index (χ4n) is 2.25. The molecule has 0 unspecified atom stereocenters. The van der Waals surface area contributed by atoms with E-state index in [4.69, 9.17) is 16.0 Å². The van der Waals surface area contributed by atoms with Crippen molar-refractivity contribution >= 4 is 49.9 Å². The second kappa shape index (κ2) is 4.69. The van der Waals surface area contributed by atoms with E-state index in [1.165, 1.54) is 0 Å². The van der Waals surface area contributed by atoms with Crippen LogP contribution in [0.2, 0.25) is 5.02 Å². The average molecular weight is 314 g/mol. The number of fused-ring (bicyclic) bond motifs is 2. The van der Waals surface area contributed by atoms with Gasteiger partial charge in [0.25, 0.3) is 0 Å². The molecule has 3 nitrogen and oxygen atoms in total. The van der Waals surface area contributed by atoms with Gasteiger partial charge in [-0.3, -0.25) is 9.78 Å². The molecule has 0 spiro atoms. The molecule has 5 heteroatoms. The van der Waals surface area contributed by atoms with Crippen LogP contribution in [0.3, 0.4) is 0 Å². The zero-order valence-electron chi connectivity index (χ0n) is 10.7. The number of nitrogens with zero attached hydrogens (tertiary/aromatic N) is 1. The Morgan fingerprint density at radius 2 is 2.14 bits per heavy atom. The highest BCUT2D eigenvalue weighted by atomic mass is 35.5. The molecule has 0 saturated heterocycles. The van der Waals surface area contributed by atoms with Crippen LogP contribution in [0.4, 0.5) is 0 Å². The SMILES string of the molecule is O=C(c1cnc2ccsc2c1)c1cc2cccc(Cl)c2o1. The number of furan rings is 1. The predicted molar refractivity (Wildman–Crippen MR) is 84.3 cm³/mol. The minimum absolute atomic E-state index is 0.190. The third-order valence-electron chi connectivity index (χ3n) is 3.28. The Labute approximate surface area is 128 Å². The number of halogens is 1. The van der Waals surface area contributed by atoms with E-state index in [1.54, 1.807) is 29.7 Å². The monoisotopic (exact) mass is 313 g/mol. The van der Waals surface area contributed by atoms with Gasteiger partial charge in [-0.2, -0.15) is 0 Å². The molecule has 4 rings (SSSR count). The molecular formula is C16H8ClNO2S. The standard InChI is InChI=1S/C16H8ClNO2S/c17-11-3-1-2-9-6-13(20-16(9)11)15(19)10-7-14-12(18-8-10)4-5-21-14/h1-8H. The van der Waals surface area contributed by atoms with E-state index in [0.717, 1.165) is 15.6 Å². The van der Waals surface area contributed by atoms with Crippen molar-refractivity contribution in [1.29, 1.82) is 0 Å². The summed E-state index contributed by atoms with van der Waals surface area (Å²) >= 11 is 7.62. The molecule has 21 heavy (non-hydrogen) atoms. The van der Waals surface area contributed by atoms with E-state index in [2.05, 4.69) is 4.98 Å². The summed E-state index contributed by atoms with van der Waals surface area (Å²) in [5.41, 5.74) is 1.94. The summed E-state index contributed by atoms with van der Waals surface area (Å²) < 4.78 is 6.58. The largest absolute Gasteiger partial charge is 0.451 e. The molecule has 0 N–H and O–H groups in total. The van der Waals surface area contributed by atoms with E-state index in [0.29, 0.717) is 16.2 Å². The van der Waals surface area contributed by atoms with Crippen LogP contribution in [0.25, 0.3) is 21.2 Å². The number of carbonyl (C=O) groups is 1. The number of benzene rings is 1. The van der Waals surface area contributed by atoms with Gasteiger partial charge in [-0.1, -0.05) is 23.7 Å². The van der Waals surface area contributed by atoms with Crippen LogP contribution in [0.1, 0.15) is 16.1 Å². The van der Waals surface area contributed by atoms with Gasteiger partial charge in [-0.25, -0.2) is 0 Å². The number of rotatable bonds is 2. The summed E-state index contributed by atoms with van der Waals surface area (Å²) in [5.74, 6) is 0.0841. The van der Waals surface area contributed by atoms with Gasteiger partial charge in [0, 0.05) is 17.1 Å². The first-order chi connectivity index (χ1) is 10.2. The number of hydrogen-bond acceptors (Lipinski definition) is 4. The van der Waals surface area contributed by atoms with Gasteiger partial charge in [0.05, 0.1) is 15.2 Å². The molecule has 0 aliphatic carbocycles. The Bertz CT molecular complexity index is 986. The third kappa shape index (κ3) is 2.04. The lowest BCUT2D eigenvalue weighted by atomic mass is 10.1. The minimum Gasteiger partial charge on any atom is -0.451 e. The Morgan fingerprint density at radius 1 is 1.24 bits per heavy atom. The number of thiophene rings is 1. The Balaban J connectivity index is 1.83. The first-order valence-electron chi connectivity index (χ1n) is 6.28. The summed E-state index contributed by atoms with van der Waals surface area (Å²) in [6.45, 7) is 0. The van der Waals surface area contributed by atoms with Gasteiger partial charge in [0.2, 0.25) is 5.78 Å². The number of ketones is 1. The lowest BCUT2D eigenvalue weighted by Gasteiger charge is -1.97. The topological polar surface area (TPSA) is 43.1 Å². The van der Waals surface area contributed by atoms with Crippen molar-refractivity contribution in [2.24, 2.45) is 0 Å². The normalized spacial score (nSPS) is 11.3. The first-order valence-corrected chi connectivity index (χ1v) is 7.54. The molecule has 0 aliphatic rings. The van der Waals surface area contributed by atoms with Crippen LogP contribution >= 0.6 is 22.9 Å². The molecule has 0 atom stereocenters. The van der Waals surface area contributed by atoms with Crippen molar-refractivity contribution in [3.8, 4) is 0 Å². The molecule has 0 bridgehead atoms. The smallest absolute Gasteiger partial charge is 0.229 e. The number of hydrogen-bond donors (Lipinski definition) is 0. The Hall–Kier alpha value is -2.17. The van der Waals surface area contributed by atoms with Crippen molar-refractivity contribution < 1.29 is 9.21 Å². The lowest BCUT2D eigenvalue weighted by Crippen LogP contribution is -1.99. The van der Waals surface area contributed by atoms with E-state index < -0.39 is 0 Å². The molecule has 0 fully saturated rings. The van der Waals surface area contributed by atoms with E-state index in [-0.39, 0.29) is 11.5 Å². The third-order valence-corrected chi connectivity index (χ3v) is 4.44. The molecule has 0 saturated carbocycles. The van der Waals surface area contributed by atoms with Crippen molar-refractivity contribution in [3.05, 3.63) is 64.3 Å². The van der Waals surface area contributed by atoms with Crippen molar-refractivity contribution in [3.63, 3.8) is 0 Å². The fraction of sp³-hybridized carbons (Fsp3) is 0. The first kappa shape index (κ1) is 12.6. The van der Waals surface area contributed by atoms with Gasteiger partial charge >= 0.3 is 0 Å². The molecule has 3 aromatic heterocycles. The zero-order chi connectivity index (χ0) is 14.4. The van der Waals surface area contributed by atoms with Gasteiger partial charge in [-0.05, 0) is 29.6 Å². The molecule has 102 valence electrons. The van der Waals surface area contributed by atoms with E-state index in [9.17, 15) is 4.79 Å². The zero-order valence-corrected chi connectivity index (χ0v) is 12.2. The van der Waals surface area contributed by atoms with Crippen LogP contribution in [0.5, 0.6) is 0 Å². The molecule has 4 aromatic rings. The number of aromatic nitrogens is 1. The Morgan fingerprint density at radius 3 is 3.00 bits per heavy atom. The summed E-state index contributed by atoms with van der Waals surface area (Å²) in [6, 6.07) is 10.9. The molecule has 3 heterocycles. The number of pyridine rings is 1. The molecular weight excluding hydrogens is 306 g/mol. The van der Waals surface area contributed by atoms with Crippen LogP contribution in [0.15, 0.2) is 52.4 Å². The second-order valence-corrected chi connectivity index (χ2v) is 5.98. The highest BCUT2D eigenvalue weighted by Crippen LogP contribution is 2.28. The summed E-state index contributed by atoms with van der Waals surface area (Å²) in [5, 5.41) is 3.27. The molecule has 0 aliphatic heterocycles. The van der Waals surface area contributed by atoms with Crippen LogP contribution in [-0.2, 0) is 0 Å². The van der Waals surface area contributed by atoms with E-state index >= 15 is 0 Å². The molecule has 0 amide bonds. The van der Waals surface area contributed by atoms with Gasteiger partial charge in [-0.15, -0.1) is 11.3 Å². The molecule has 1 aromatic carbocycles. The molecule has 0 radical (unpaired) electrons. The summed E-state index contributed by atoms with van der Waals surface area (Å²) in [4.78, 5) is 16.8. The second-order valence-electron chi connectivity index (χ2n) is 4.63. The van der Waals surface area contributed by atoms with Crippen LogP contribution < -0.4 is 0 Å². The Kier molecular flexibility index (Phi) is 2.80. The van der Waals surface area contributed by atoms with Crippen molar-refractivity contribution in [2.45, 2.75) is 0 Å². The van der Waals surface area contributed by atoms with E-state index in [1.807, 2.05) is 29.6 Å². The van der Waals surface area contributed by atoms with Crippen molar-refractivity contribution in [1.82, 2.24) is 4.98 Å². The summed E-state index contributed by atoms with van der Waals surface area (Å²) in [6.07, 6.45) is 1.58. The maximum Gasteiger partial charge on any atom is 0.229 e. The summed E-state index contributed by atoms with van der Waals surface area (Å²) in [7, 11) is 0. The van der Waals surface area contributed by atoms with Gasteiger partial charge < -0.3 is 4.42 Å². The highest BCUT2D eigenvalue weighted by molar-refractivity contribution is 7.17. The van der Waals surface area contributed by atoms with Gasteiger partial charge in [0.1, 0.15) is 0 Å².